The average molecular weight is 445 g/mol. The van der Waals surface area contributed by atoms with E-state index in [0.29, 0.717) is 34.8 Å². The van der Waals surface area contributed by atoms with Gasteiger partial charge in [-0.3, -0.25) is 4.79 Å². The molecular formula is C20H17BrN2O3S. The Kier molecular flexibility index (Phi) is 4.74. The molecule has 1 aliphatic carbocycles. The highest BCUT2D eigenvalue weighted by Gasteiger charge is 2.33. The van der Waals surface area contributed by atoms with Crippen LogP contribution in [0.4, 0.5) is 0 Å². The van der Waals surface area contributed by atoms with Crippen molar-refractivity contribution in [2.45, 2.75) is 29.4 Å². The standard InChI is InChI=1S/C20H17BrN2O3S/c21-17-9-5-4-8-15(17)19-22-18-11-10-14(12-16(18)20(24)23-19)27(25,26)13-6-2-1-3-7-13/h1-9,14H,10-12H2,(H,22,23,24). The zero-order valence-corrected chi connectivity index (χ0v) is 16.8. The molecule has 1 aliphatic rings. The van der Waals surface area contributed by atoms with Gasteiger partial charge in [0.1, 0.15) is 5.82 Å². The van der Waals surface area contributed by atoms with E-state index in [1.165, 1.54) is 0 Å². The number of benzene rings is 2. The molecule has 0 bridgehead atoms. The van der Waals surface area contributed by atoms with Gasteiger partial charge < -0.3 is 4.98 Å². The van der Waals surface area contributed by atoms with Gasteiger partial charge in [0.25, 0.3) is 5.56 Å². The molecule has 0 saturated carbocycles. The maximum atomic E-state index is 12.9. The van der Waals surface area contributed by atoms with Gasteiger partial charge in [0.15, 0.2) is 9.84 Å². The summed E-state index contributed by atoms with van der Waals surface area (Å²) in [6.07, 6.45) is 1.11. The van der Waals surface area contributed by atoms with Crippen molar-refractivity contribution in [3.05, 3.63) is 80.7 Å². The molecule has 4 rings (SSSR count). The Labute approximate surface area is 165 Å². The number of aromatic nitrogens is 2. The molecule has 1 heterocycles. The number of H-pyrrole nitrogens is 1. The van der Waals surface area contributed by atoms with Crippen molar-refractivity contribution in [2.24, 2.45) is 0 Å². The van der Waals surface area contributed by atoms with Gasteiger partial charge in [-0.2, -0.15) is 0 Å². The topological polar surface area (TPSA) is 79.9 Å². The molecule has 1 aromatic heterocycles. The van der Waals surface area contributed by atoms with E-state index in [2.05, 4.69) is 25.9 Å². The Balaban J connectivity index is 1.71. The van der Waals surface area contributed by atoms with E-state index in [1.54, 1.807) is 30.3 Å². The first-order valence-corrected chi connectivity index (χ1v) is 11.0. The van der Waals surface area contributed by atoms with E-state index in [-0.39, 0.29) is 12.0 Å². The number of rotatable bonds is 3. The molecule has 0 spiro atoms. The summed E-state index contributed by atoms with van der Waals surface area (Å²) in [5.41, 5.74) is 1.70. The van der Waals surface area contributed by atoms with Crippen molar-refractivity contribution in [1.29, 1.82) is 0 Å². The van der Waals surface area contributed by atoms with Crippen LogP contribution in [-0.4, -0.2) is 23.6 Å². The monoisotopic (exact) mass is 444 g/mol. The Bertz CT molecular complexity index is 1160. The second-order valence-corrected chi connectivity index (χ2v) is 9.62. The lowest BCUT2D eigenvalue weighted by Crippen LogP contribution is -2.33. The molecule has 2 aromatic carbocycles. The molecule has 0 saturated heterocycles. The van der Waals surface area contributed by atoms with Crippen LogP contribution in [0.1, 0.15) is 17.7 Å². The predicted molar refractivity (Wildman–Crippen MR) is 107 cm³/mol. The molecule has 1 N–H and O–H groups in total. The van der Waals surface area contributed by atoms with E-state index in [0.717, 1.165) is 10.0 Å². The average Bonchev–Trinajstić information content (AvgIpc) is 2.68. The minimum atomic E-state index is -3.48. The van der Waals surface area contributed by atoms with E-state index >= 15 is 0 Å². The molecule has 0 aliphatic heterocycles. The van der Waals surface area contributed by atoms with E-state index < -0.39 is 15.1 Å². The summed E-state index contributed by atoms with van der Waals surface area (Å²) in [4.78, 5) is 20.4. The first-order valence-electron chi connectivity index (χ1n) is 8.63. The van der Waals surface area contributed by atoms with Gasteiger partial charge in [-0.05, 0) is 37.5 Å². The van der Waals surface area contributed by atoms with Gasteiger partial charge in [-0.15, -0.1) is 0 Å². The molecule has 7 heteroatoms. The third-order valence-electron chi connectivity index (χ3n) is 4.88. The van der Waals surface area contributed by atoms with Crippen LogP contribution in [0.2, 0.25) is 0 Å². The first-order chi connectivity index (χ1) is 13.0. The van der Waals surface area contributed by atoms with Crippen LogP contribution in [0, 0.1) is 0 Å². The van der Waals surface area contributed by atoms with E-state index in [9.17, 15) is 13.2 Å². The summed E-state index contributed by atoms with van der Waals surface area (Å²) in [5, 5.41) is -0.607. The summed E-state index contributed by atoms with van der Waals surface area (Å²) < 4.78 is 26.6. The predicted octanol–water partition coefficient (Wildman–Crippen LogP) is 3.53. The highest BCUT2D eigenvalue weighted by atomic mass is 79.9. The molecule has 0 radical (unpaired) electrons. The Morgan fingerprint density at radius 1 is 1.04 bits per heavy atom. The maximum absolute atomic E-state index is 12.9. The number of halogens is 1. The fraction of sp³-hybridized carbons (Fsp3) is 0.200. The maximum Gasteiger partial charge on any atom is 0.254 e. The fourth-order valence-corrected chi connectivity index (χ4v) is 5.65. The van der Waals surface area contributed by atoms with Crippen molar-refractivity contribution in [1.82, 2.24) is 9.97 Å². The lowest BCUT2D eigenvalue weighted by Gasteiger charge is -2.23. The van der Waals surface area contributed by atoms with Crippen LogP contribution in [-0.2, 0) is 22.7 Å². The summed E-state index contributed by atoms with van der Waals surface area (Å²) in [6.45, 7) is 0. The van der Waals surface area contributed by atoms with Crippen LogP contribution in [0.5, 0.6) is 0 Å². The van der Waals surface area contributed by atoms with Gasteiger partial charge >= 0.3 is 0 Å². The second-order valence-electron chi connectivity index (χ2n) is 6.54. The number of hydrogen-bond acceptors (Lipinski definition) is 4. The summed E-state index contributed by atoms with van der Waals surface area (Å²) in [5.74, 6) is 0.496. The molecule has 0 amide bonds. The second kappa shape index (κ2) is 7.05. The number of hydrogen-bond donors (Lipinski definition) is 1. The molecule has 1 unspecified atom stereocenters. The molecule has 0 fully saturated rings. The molecule has 3 aromatic rings. The minimum absolute atomic E-state index is 0.186. The number of nitrogens with zero attached hydrogens (tertiary/aromatic N) is 1. The van der Waals surface area contributed by atoms with Crippen molar-refractivity contribution < 1.29 is 8.42 Å². The highest BCUT2D eigenvalue weighted by Crippen LogP contribution is 2.29. The quantitative estimate of drug-likeness (QED) is 0.669. The van der Waals surface area contributed by atoms with E-state index in [4.69, 9.17) is 0 Å². The number of fused-ring (bicyclic) bond motifs is 1. The number of aromatic amines is 1. The lowest BCUT2D eigenvalue weighted by molar-refractivity contribution is 0.557. The van der Waals surface area contributed by atoms with Gasteiger partial charge in [0.2, 0.25) is 0 Å². The van der Waals surface area contributed by atoms with Crippen LogP contribution < -0.4 is 5.56 Å². The Hall–Kier alpha value is -2.25. The molecule has 138 valence electrons. The Morgan fingerprint density at radius 2 is 1.74 bits per heavy atom. The minimum Gasteiger partial charge on any atom is -0.306 e. The molecule has 5 nitrogen and oxygen atoms in total. The summed E-state index contributed by atoms with van der Waals surface area (Å²) in [6, 6.07) is 15.9. The van der Waals surface area contributed by atoms with Crippen LogP contribution in [0.3, 0.4) is 0 Å². The molecule has 27 heavy (non-hydrogen) atoms. The van der Waals surface area contributed by atoms with Crippen LogP contribution in [0.25, 0.3) is 11.4 Å². The Morgan fingerprint density at radius 3 is 2.48 bits per heavy atom. The van der Waals surface area contributed by atoms with E-state index in [1.807, 2.05) is 24.3 Å². The van der Waals surface area contributed by atoms with Gasteiger partial charge in [0, 0.05) is 15.6 Å². The van der Waals surface area contributed by atoms with Gasteiger partial charge in [-0.25, -0.2) is 13.4 Å². The van der Waals surface area contributed by atoms with Crippen molar-refractivity contribution in [2.75, 3.05) is 0 Å². The fourth-order valence-electron chi connectivity index (χ4n) is 3.44. The smallest absolute Gasteiger partial charge is 0.254 e. The molecular weight excluding hydrogens is 428 g/mol. The normalized spacial score (nSPS) is 16.7. The number of aryl methyl sites for hydroxylation is 1. The van der Waals surface area contributed by atoms with Crippen molar-refractivity contribution >= 4 is 25.8 Å². The van der Waals surface area contributed by atoms with Crippen LogP contribution in [0.15, 0.2) is 68.8 Å². The zero-order chi connectivity index (χ0) is 19.0. The number of sulfone groups is 1. The first kappa shape index (κ1) is 18.1. The van der Waals surface area contributed by atoms with Crippen molar-refractivity contribution in [3.8, 4) is 11.4 Å². The van der Waals surface area contributed by atoms with Gasteiger partial charge in [0.05, 0.1) is 15.8 Å². The van der Waals surface area contributed by atoms with Crippen LogP contribution >= 0.6 is 15.9 Å². The lowest BCUT2D eigenvalue weighted by atomic mass is 9.96. The van der Waals surface area contributed by atoms with Crippen molar-refractivity contribution in [3.63, 3.8) is 0 Å². The highest BCUT2D eigenvalue weighted by molar-refractivity contribution is 9.10. The third kappa shape index (κ3) is 3.37. The summed E-state index contributed by atoms with van der Waals surface area (Å²) >= 11 is 3.47. The summed E-state index contributed by atoms with van der Waals surface area (Å²) in [7, 11) is -3.48. The number of nitrogens with one attached hydrogen (secondary N) is 1. The SMILES string of the molecule is O=c1[nH]c(-c2ccccc2Br)nc2c1CC(S(=O)(=O)c1ccccc1)CC2. The zero-order valence-electron chi connectivity index (χ0n) is 14.4. The largest absolute Gasteiger partial charge is 0.306 e. The molecule has 1 atom stereocenters. The van der Waals surface area contributed by atoms with Gasteiger partial charge in [-0.1, -0.05) is 52.3 Å². The third-order valence-corrected chi connectivity index (χ3v) is 7.78.